The van der Waals surface area contributed by atoms with Gasteiger partial charge in [-0.05, 0) is 19.4 Å². The van der Waals surface area contributed by atoms with Crippen LogP contribution in [0.3, 0.4) is 0 Å². The Hall–Kier alpha value is -2.83. The molecule has 7 nitrogen and oxygen atoms in total. The van der Waals surface area contributed by atoms with E-state index in [-0.39, 0.29) is 25.3 Å². The molecule has 0 saturated carbocycles. The molecule has 1 amide bonds. The minimum Gasteiger partial charge on any atom is -0.503 e. The summed E-state index contributed by atoms with van der Waals surface area (Å²) in [5, 5.41) is 10.1. The zero-order valence-electron chi connectivity index (χ0n) is 13.5. The van der Waals surface area contributed by atoms with Crippen LogP contribution in [0.15, 0.2) is 41.7 Å². The predicted octanol–water partition coefficient (Wildman–Crippen LogP) is 1.34. The van der Waals surface area contributed by atoms with E-state index >= 15 is 0 Å². The average Bonchev–Trinajstić information content (AvgIpc) is 2.81. The number of hydrogen-bond donors (Lipinski definition) is 1. The summed E-state index contributed by atoms with van der Waals surface area (Å²) in [7, 11) is 0. The maximum atomic E-state index is 12.4. The first-order valence-corrected chi connectivity index (χ1v) is 7.63. The summed E-state index contributed by atoms with van der Waals surface area (Å²) < 4.78 is 9.82. The van der Waals surface area contributed by atoms with Crippen molar-refractivity contribution in [1.82, 2.24) is 4.90 Å². The summed E-state index contributed by atoms with van der Waals surface area (Å²) in [4.78, 5) is 37.8. The van der Waals surface area contributed by atoms with Gasteiger partial charge in [0.25, 0.3) is 5.91 Å². The highest BCUT2D eigenvalue weighted by Gasteiger charge is 2.48. The normalized spacial score (nSPS) is 17.2. The number of esters is 2. The minimum absolute atomic E-state index is 0.0517. The number of benzene rings is 1. The van der Waals surface area contributed by atoms with E-state index in [0.29, 0.717) is 0 Å². The molecule has 128 valence electrons. The fraction of sp³-hybridized carbons (Fsp3) is 0.353. The number of amides is 1. The number of carbonyl (C=O) groups is 3. The summed E-state index contributed by atoms with van der Waals surface area (Å²) in [5.41, 5.74) is 0.370. The van der Waals surface area contributed by atoms with Crippen molar-refractivity contribution >= 4 is 17.8 Å². The number of ether oxygens (including phenoxy) is 2. The molecule has 0 radical (unpaired) electrons. The summed E-state index contributed by atoms with van der Waals surface area (Å²) in [6, 6.07) is 7.61. The Morgan fingerprint density at radius 3 is 2.33 bits per heavy atom. The lowest BCUT2D eigenvalue weighted by Gasteiger charge is -2.24. The largest absolute Gasteiger partial charge is 0.503 e. The fourth-order valence-electron chi connectivity index (χ4n) is 2.48. The van der Waals surface area contributed by atoms with Gasteiger partial charge in [-0.25, -0.2) is 9.59 Å². The number of aliphatic hydroxyl groups excluding tert-OH is 1. The van der Waals surface area contributed by atoms with E-state index in [4.69, 9.17) is 9.47 Å². The Kier molecular flexibility index (Phi) is 5.57. The van der Waals surface area contributed by atoms with Gasteiger partial charge in [-0.3, -0.25) is 4.79 Å². The van der Waals surface area contributed by atoms with E-state index in [1.54, 1.807) is 38.1 Å². The van der Waals surface area contributed by atoms with Crippen LogP contribution in [-0.4, -0.2) is 47.1 Å². The molecule has 0 bridgehead atoms. The second kappa shape index (κ2) is 7.63. The molecule has 1 N–H and O–H groups in total. The Labute approximate surface area is 139 Å². The lowest BCUT2D eigenvalue weighted by Crippen LogP contribution is -2.43. The molecule has 0 aromatic heterocycles. The first-order valence-electron chi connectivity index (χ1n) is 7.63. The van der Waals surface area contributed by atoms with Crippen LogP contribution in [0.4, 0.5) is 0 Å². The molecule has 1 aromatic carbocycles. The number of carbonyl (C=O) groups excluding carboxylic acids is 3. The summed E-state index contributed by atoms with van der Waals surface area (Å²) >= 11 is 0. The van der Waals surface area contributed by atoms with Gasteiger partial charge in [-0.15, -0.1) is 0 Å². The first kappa shape index (κ1) is 17.5. The maximum Gasteiger partial charge on any atom is 0.340 e. The highest BCUT2D eigenvalue weighted by molar-refractivity contribution is 6.11. The van der Waals surface area contributed by atoms with Crippen molar-refractivity contribution in [2.45, 2.75) is 26.4 Å². The molecule has 1 unspecified atom stereocenters. The quantitative estimate of drug-likeness (QED) is 0.790. The van der Waals surface area contributed by atoms with Crippen molar-refractivity contribution in [3.8, 4) is 0 Å². The molecule has 0 aliphatic carbocycles. The number of rotatable bonds is 6. The fourth-order valence-corrected chi connectivity index (χ4v) is 2.48. The smallest absolute Gasteiger partial charge is 0.340 e. The third-order valence-corrected chi connectivity index (χ3v) is 3.50. The van der Waals surface area contributed by atoms with E-state index in [1.165, 1.54) is 0 Å². The van der Waals surface area contributed by atoms with Gasteiger partial charge >= 0.3 is 11.9 Å². The lowest BCUT2D eigenvalue weighted by molar-refractivity contribution is -0.153. The molecular weight excluding hydrogens is 314 g/mol. The van der Waals surface area contributed by atoms with E-state index in [1.807, 2.05) is 6.07 Å². The van der Waals surface area contributed by atoms with Gasteiger partial charge in [-0.2, -0.15) is 0 Å². The van der Waals surface area contributed by atoms with Gasteiger partial charge in [0, 0.05) is 6.54 Å². The zero-order chi connectivity index (χ0) is 17.7. The van der Waals surface area contributed by atoms with E-state index in [2.05, 4.69) is 0 Å². The minimum atomic E-state index is -1.32. The highest BCUT2D eigenvalue weighted by Crippen LogP contribution is 2.28. The molecular formula is C17H19NO6. The molecule has 0 spiro atoms. The van der Waals surface area contributed by atoms with Crippen LogP contribution >= 0.6 is 0 Å². The van der Waals surface area contributed by atoms with Crippen LogP contribution in [0.5, 0.6) is 0 Å². The SMILES string of the molecule is CCOC(=O)C1=C(O)C(=O)N(Cc2ccccc2)C1C(=O)OCC. The van der Waals surface area contributed by atoms with Crippen molar-refractivity contribution in [2.24, 2.45) is 0 Å². The number of nitrogens with zero attached hydrogens (tertiary/aromatic N) is 1. The Morgan fingerprint density at radius 1 is 1.12 bits per heavy atom. The van der Waals surface area contributed by atoms with Gasteiger partial charge in [0.15, 0.2) is 11.8 Å². The van der Waals surface area contributed by atoms with Crippen LogP contribution in [0.25, 0.3) is 0 Å². The molecule has 1 aliphatic rings. The van der Waals surface area contributed by atoms with Crippen molar-refractivity contribution in [3.05, 3.63) is 47.2 Å². The molecule has 0 saturated heterocycles. The van der Waals surface area contributed by atoms with Gasteiger partial charge < -0.3 is 19.5 Å². The van der Waals surface area contributed by atoms with Gasteiger partial charge in [0.05, 0.1) is 13.2 Å². The van der Waals surface area contributed by atoms with Crippen molar-refractivity contribution < 1.29 is 29.0 Å². The monoisotopic (exact) mass is 333 g/mol. The van der Waals surface area contributed by atoms with E-state index in [9.17, 15) is 19.5 Å². The number of aliphatic hydroxyl groups is 1. The number of hydrogen-bond acceptors (Lipinski definition) is 6. The maximum absolute atomic E-state index is 12.4. The summed E-state index contributed by atoms with van der Waals surface area (Å²) in [6.45, 7) is 3.39. The Balaban J connectivity index is 2.37. The van der Waals surface area contributed by atoms with Crippen LogP contribution in [0.2, 0.25) is 0 Å². The third kappa shape index (κ3) is 3.40. The second-order valence-electron chi connectivity index (χ2n) is 5.06. The van der Waals surface area contributed by atoms with Crippen molar-refractivity contribution in [3.63, 3.8) is 0 Å². The zero-order valence-corrected chi connectivity index (χ0v) is 13.5. The van der Waals surface area contributed by atoms with Crippen LogP contribution in [0, 0.1) is 0 Å². The summed E-state index contributed by atoms with van der Waals surface area (Å²) in [6.07, 6.45) is 0. The third-order valence-electron chi connectivity index (χ3n) is 3.50. The average molecular weight is 333 g/mol. The molecule has 1 atom stereocenters. The molecule has 1 heterocycles. The Morgan fingerprint density at radius 2 is 1.75 bits per heavy atom. The van der Waals surface area contributed by atoms with Gasteiger partial charge in [0.2, 0.25) is 0 Å². The van der Waals surface area contributed by atoms with Crippen molar-refractivity contribution in [1.29, 1.82) is 0 Å². The molecule has 24 heavy (non-hydrogen) atoms. The molecule has 2 rings (SSSR count). The van der Waals surface area contributed by atoms with Gasteiger partial charge in [0.1, 0.15) is 5.57 Å². The van der Waals surface area contributed by atoms with E-state index in [0.717, 1.165) is 10.5 Å². The highest BCUT2D eigenvalue weighted by atomic mass is 16.5. The molecule has 0 fully saturated rings. The molecule has 1 aromatic rings. The van der Waals surface area contributed by atoms with Gasteiger partial charge in [-0.1, -0.05) is 30.3 Å². The van der Waals surface area contributed by atoms with Crippen LogP contribution in [-0.2, 0) is 30.4 Å². The van der Waals surface area contributed by atoms with Crippen LogP contribution < -0.4 is 0 Å². The van der Waals surface area contributed by atoms with Crippen molar-refractivity contribution in [2.75, 3.05) is 13.2 Å². The van der Waals surface area contributed by atoms with E-state index < -0.39 is 29.6 Å². The predicted molar refractivity (Wildman–Crippen MR) is 83.7 cm³/mol. The summed E-state index contributed by atoms with van der Waals surface area (Å²) in [5.74, 6) is -3.27. The molecule has 7 heteroatoms. The first-order chi connectivity index (χ1) is 11.5. The Bertz CT molecular complexity index is 667. The lowest BCUT2D eigenvalue weighted by atomic mass is 10.1. The second-order valence-corrected chi connectivity index (χ2v) is 5.06. The molecule has 1 aliphatic heterocycles. The van der Waals surface area contributed by atoms with Crippen LogP contribution in [0.1, 0.15) is 19.4 Å². The standard InChI is InChI=1S/C17H19NO6/c1-3-23-16(21)12-13(17(22)24-4-2)18(15(20)14(12)19)10-11-8-6-5-7-9-11/h5-9,13,19H,3-4,10H2,1-2H3. The topological polar surface area (TPSA) is 93.1 Å².